The maximum absolute atomic E-state index is 12.9. The van der Waals surface area contributed by atoms with E-state index < -0.39 is 22.7 Å². The second-order valence-corrected chi connectivity index (χ2v) is 6.83. The molecule has 6 nitrogen and oxygen atoms in total. The third-order valence-corrected chi connectivity index (χ3v) is 4.93. The summed E-state index contributed by atoms with van der Waals surface area (Å²) in [6.45, 7) is 3.86. The summed E-state index contributed by atoms with van der Waals surface area (Å²) in [6, 6.07) is 13.8. The molecule has 1 aliphatic carbocycles. The van der Waals surface area contributed by atoms with E-state index in [0.29, 0.717) is 12.0 Å². The first-order valence-electron chi connectivity index (χ1n) is 9.13. The first kappa shape index (κ1) is 19.5. The molecule has 0 N–H and O–H groups in total. The Morgan fingerprint density at radius 1 is 1.21 bits per heavy atom. The Bertz CT molecular complexity index is 946. The zero-order chi connectivity index (χ0) is 20.3. The van der Waals surface area contributed by atoms with Gasteiger partial charge in [-0.25, -0.2) is 0 Å². The summed E-state index contributed by atoms with van der Waals surface area (Å²) in [5.74, 6) is -2.25. The van der Waals surface area contributed by atoms with Crippen molar-refractivity contribution in [1.82, 2.24) is 0 Å². The van der Waals surface area contributed by atoms with Gasteiger partial charge in [0.2, 0.25) is 0 Å². The van der Waals surface area contributed by atoms with Gasteiger partial charge in [-0.2, -0.15) is 0 Å². The number of carbonyl (C=O) groups excluding carboxylic acids is 2. The Labute approximate surface area is 163 Å². The molecule has 3 rings (SSSR count). The molecule has 0 radical (unpaired) electrons. The summed E-state index contributed by atoms with van der Waals surface area (Å²) >= 11 is 0. The van der Waals surface area contributed by atoms with E-state index in [9.17, 15) is 19.7 Å². The second-order valence-electron chi connectivity index (χ2n) is 6.83. The number of ketones is 1. The molecule has 28 heavy (non-hydrogen) atoms. The number of aryl methyl sites for hydroxylation is 1. The van der Waals surface area contributed by atoms with Crippen molar-refractivity contribution in [3.8, 4) is 0 Å². The van der Waals surface area contributed by atoms with Crippen LogP contribution in [0.15, 0.2) is 54.6 Å². The van der Waals surface area contributed by atoms with Gasteiger partial charge in [0.25, 0.3) is 5.69 Å². The summed E-state index contributed by atoms with van der Waals surface area (Å²) in [5, 5.41) is 10.9. The molecule has 0 saturated heterocycles. The number of nitro groups is 1. The van der Waals surface area contributed by atoms with Crippen LogP contribution in [-0.2, 0) is 14.3 Å². The highest BCUT2D eigenvalue weighted by atomic mass is 16.6. The molecule has 0 fully saturated rings. The minimum Gasteiger partial charge on any atom is -0.465 e. The third-order valence-electron chi connectivity index (χ3n) is 4.93. The fraction of sp³-hybridized carbons (Fsp3) is 0.273. The monoisotopic (exact) mass is 379 g/mol. The molecule has 0 unspecified atom stereocenters. The Balaban J connectivity index is 2.02. The van der Waals surface area contributed by atoms with E-state index in [1.54, 1.807) is 19.1 Å². The predicted molar refractivity (Wildman–Crippen MR) is 105 cm³/mol. The lowest BCUT2D eigenvalue weighted by molar-refractivity contribution is -0.384. The lowest BCUT2D eigenvalue weighted by atomic mass is 9.73. The number of carbonyl (C=O) groups is 2. The van der Waals surface area contributed by atoms with Crippen molar-refractivity contribution >= 4 is 23.0 Å². The van der Waals surface area contributed by atoms with Crippen LogP contribution in [0.5, 0.6) is 0 Å². The average Bonchev–Trinajstić information content (AvgIpc) is 2.67. The number of rotatable bonds is 5. The van der Waals surface area contributed by atoms with E-state index >= 15 is 0 Å². The van der Waals surface area contributed by atoms with E-state index in [0.717, 1.165) is 16.7 Å². The maximum Gasteiger partial charge on any atom is 0.317 e. The van der Waals surface area contributed by atoms with Crippen LogP contribution in [0, 0.1) is 23.0 Å². The lowest BCUT2D eigenvalue weighted by Crippen LogP contribution is -2.34. The van der Waals surface area contributed by atoms with Crippen molar-refractivity contribution < 1.29 is 19.2 Å². The van der Waals surface area contributed by atoms with E-state index in [4.69, 9.17) is 4.74 Å². The third kappa shape index (κ3) is 4.01. The van der Waals surface area contributed by atoms with E-state index in [-0.39, 0.29) is 18.1 Å². The van der Waals surface area contributed by atoms with Gasteiger partial charge in [0.15, 0.2) is 5.78 Å². The quantitative estimate of drug-likeness (QED) is 0.336. The van der Waals surface area contributed by atoms with Crippen LogP contribution < -0.4 is 0 Å². The van der Waals surface area contributed by atoms with E-state index in [1.165, 1.54) is 18.2 Å². The molecule has 2 aromatic carbocycles. The van der Waals surface area contributed by atoms with Crippen LogP contribution in [0.3, 0.4) is 0 Å². The Hall–Kier alpha value is -3.28. The zero-order valence-electron chi connectivity index (χ0n) is 15.8. The number of allylic oxidation sites excluding steroid dienone is 2. The molecule has 1 aliphatic rings. The summed E-state index contributed by atoms with van der Waals surface area (Å²) in [7, 11) is 0. The van der Waals surface area contributed by atoms with Gasteiger partial charge in [-0.3, -0.25) is 19.7 Å². The molecule has 0 spiro atoms. The van der Waals surface area contributed by atoms with Crippen molar-refractivity contribution in [2.45, 2.75) is 26.2 Å². The number of ether oxygens (including phenoxy) is 1. The minimum atomic E-state index is -0.949. The number of hydrogen-bond donors (Lipinski definition) is 0. The van der Waals surface area contributed by atoms with Gasteiger partial charge in [0, 0.05) is 18.1 Å². The van der Waals surface area contributed by atoms with Gasteiger partial charge in [-0.15, -0.1) is 0 Å². The highest BCUT2D eigenvalue weighted by molar-refractivity contribution is 6.10. The van der Waals surface area contributed by atoms with Crippen LogP contribution in [0.4, 0.5) is 5.69 Å². The molecule has 0 amide bonds. The van der Waals surface area contributed by atoms with Crippen LogP contribution in [0.1, 0.15) is 36.0 Å². The normalized spacial score (nSPS) is 19.1. The molecule has 6 heteroatoms. The fourth-order valence-electron chi connectivity index (χ4n) is 3.59. The largest absolute Gasteiger partial charge is 0.465 e. The summed E-state index contributed by atoms with van der Waals surface area (Å²) in [6.07, 6.45) is 1.99. The van der Waals surface area contributed by atoms with Gasteiger partial charge in [0.05, 0.1) is 11.5 Å². The molecule has 144 valence electrons. The molecule has 0 aromatic heterocycles. The summed E-state index contributed by atoms with van der Waals surface area (Å²) in [4.78, 5) is 35.8. The van der Waals surface area contributed by atoms with Gasteiger partial charge >= 0.3 is 5.97 Å². The molecular formula is C22H21NO5. The number of nitrogens with zero attached hydrogens (tertiary/aromatic N) is 1. The van der Waals surface area contributed by atoms with E-state index in [1.807, 2.05) is 31.2 Å². The van der Waals surface area contributed by atoms with Crippen LogP contribution >= 0.6 is 0 Å². The van der Waals surface area contributed by atoms with E-state index in [2.05, 4.69) is 0 Å². The average molecular weight is 379 g/mol. The van der Waals surface area contributed by atoms with Crippen LogP contribution in [0.2, 0.25) is 0 Å². The molecular weight excluding hydrogens is 358 g/mol. The van der Waals surface area contributed by atoms with Crippen molar-refractivity contribution in [2.75, 3.05) is 6.61 Å². The Kier molecular flexibility index (Phi) is 5.68. The molecule has 0 saturated carbocycles. The SMILES string of the molecule is CCOC(=O)[C@H]1C(=O)C=C(c2cccc(C)c2)C[C@H]1c1ccc([N+](=O)[O-])cc1. The van der Waals surface area contributed by atoms with Crippen molar-refractivity contribution in [2.24, 2.45) is 5.92 Å². The first-order chi connectivity index (χ1) is 13.4. The smallest absolute Gasteiger partial charge is 0.317 e. The second kappa shape index (κ2) is 8.17. The van der Waals surface area contributed by atoms with Gasteiger partial charge < -0.3 is 4.74 Å². The molecule has 2 atom stereocenters. The fourth-order valence-corrected chi connectivity index (χ4v) is 3.59. The predicted octanol–water partition coefficient (Wildman–Crippen LogP) is 4.22. The van der Waals surface area contributed by atoms with Crippen LogP contribution in [0.25, 0.3) is 5.57 Å². The number of benzene rings is 2. The number of hydrogen-bond acceptors (Lipinski definition) is 5. The van der Waals surface area contributed by atoms with Crippen molar-refractivity contribution in [1.29, 1.82) is 0 Å². The summed E-state index contributed by atoms with van der Waals surface area (Å²) < 4.78 is 5.13. The van der Waals surface area contributed by atoms with Gasteiger partial charge in [-0.1, -0.05) is 42.0 Å². The summed E-state index contributed by atoms with van der Waals surface area (Å²) in [5.41, 5.74) is 3.52. The van der Waals surface area contributed by atoms with Crippen molar-refractivity contribution in [3.63, 3.8) is 0 Å². The Morgan fingerprint density at radius 3 is 2.54 bits per heavy atom. The minimum absolute atomic E-state index is 0.0342. The molecule has 0 heterocycles. The number of nitro benzene ring substituents is 1. The highest BCUT2D eigenvalue weighted by Crippen LogP contribution is 2.40. The zero-order valence-corrected chi connectivity index (χ0v) is 15.8. The molecule has 2 aromatic rings. The van der Waals surface area contributed by atoms with Gasteiger partial charge in [0.1, 0.15) is 5.92 Å². The van der Waals surface area contributed by atoms with Crippen LogP contribution in [-0.4, -0.2) is 23.3 Å². The Morgan fingerprint density at radius 2 is 1.93 bits per heavy atom. The van der Waals surface area contributed by atoms with Crippen molar-refractivity contribution in [3.05, 3.63) is 81.4 Å². The molecule has 0 aliphatic heterocycles. The maximum atomic E-state index is 12.9. The topological polar surface area (TPSA) is 86.5 Å². The number of non-ortho nitro benzene ring substituents is 1. The molecule has 0 bridgehead atoms. The highest BCUT2D eigenvalue weighted by Gasteiger charge is 2.39. The standard InChI is InChI=1S/C22H21NO5/c1-3-28-22(25)21-19(15-7-9-18(10-8-15)23(26)27)12-17(13-20(21)24)16-6-4-5-14(2)11-16/h4-11,13,19,21H,3,12H2,1-2H3/t19-,21+/m0/s1. The first-order valence-corrected chi connectivity index (χ1v) is 9.13. The number of esters is 1. The lowest BCUT2D eigenvalue weighted by Gasteiger charge is -2.29. The van der Waals surface area contributed by atoms with Gasteiger partial charge in [-0.05, 0) is 43.0 Å².